The van der Waals surface area contributed by atoms with Gasteiger partial charge in [-0.3, -0.25) is 4.79 Å². The molecule has 0 spiro atoms. The first-order valence-electron chi connectivity index (χ1n) is 5.37. The number of halogens is 1. The van der Waals surface area contributed by atoms with Crippen molar-refractivity contribution in [1.82, 2.24) is 5.32 Å². The molecule has 1 atom stereocenters. The molecule has 0 aromatic heterocycles. The van der Waals surface area contributed by atoms with Crippen LogP contribution in [0.25, 0.3) is 0 Å². The number of amides is 1. The Balaban J connectivity index is 2.06. The lowest BCUT2D eigenvalue weighted by molar-refractivity contribution is -0.123. The maximum atomic E-state index is 11.7. The van der Waals surface area contributed by atoms with Gasteiger partial charge in [0, 0.05) is 5.02 Å². The zero-order valence-corrected chi connectivity index (χ0v) is 9.92. The van der Waals surface area contributed by atoms with Crippen LogP contribution >= 0.6 is 11.6 Å². The molecule has 1 unspecified atom stereocenters. The standard InChI is InChI=1S/C12H15ClN2O/c1-8(9-4-2-3-5-10(9)13)15-11(16)12(14)6-7-12/h2-5,8H,6-7,14H2,1H3,(H,15,16). The van der Waals surface area contributed by atoms with Gasteiger partial charge >= 0.3 is 0 Å². The first-order valence-corrected chi connectivity index (χ1v) is 5.75. The molecule has 1 saturated carbocycles. The van der Waals surface area contributed by atoms with Crippen LogP contribution in [0.4, 0.5) is 0 Å². The lowest BCUT2D eigenvalue weighted by atomic mass is 10.1. The van der Waals surface area contributed by atoms with Gasteiger partial charge in [0.15, 0.2) is 0 Å². The minimum Gasteiger partial charge on any atom is -0.348 e. The third-order valence-corrected chi connectivity index (χ3v) is 3.30. The molecule has 1 aromatic rings. The van der Waals surface area contributed by atoms with Gasteiger partial charge in [0.05, 0.1) is 11.6 Å². The average molecular weight is 239 g/mol. The monoisotopic (exact) mass is 238 g/mol. The molecule has 2 rings (SSSR count). The van der Waals surface area contributed by atoms with E-state index in [1.165, 1.54) is 0 Å². The number of hydrogen-bond acceptors (Lipinski definition) is 2. The smallest absolute Gasteiger partial charge is 0.240 e. The summed E-state index contributed by atoms with van der Waals surface area (Å²) in [5, 5.41) is 3.56. The summed E-state index contributed by atoms with van der Waals surface area (Å²) in [6, 6.07) is 7.38. The van der Waals surface area contributed by atoms with Crippen LogP contribution in [0.2, 0.25) is 5.02 Å². The number of nitrogens with two attached hydrogens (primary N) is 1. The highest BCUT2D eigenvalue weighted by molar-refractivity contribution is 6.31. The minimum atomic E-state index is -0.629. The molecule has 1 aromatic carbocycles. The molecule has 1 aliphatic carbocycles. The van der Waals surface area contributed by atoms with Gasteiger partial charge in [-0.15, -0.1) is 0 Å². The third-order valence-electron chi connectivity index (χ3n) is 2.96. The Labute approximate surface area is 100.0 Å². The van der Waals surface area contributed by atoms with Gasteiger partial charge in [0.1, 0.15) is 0 Å². The predicted molar refractivity (Wildman–Crippen MR) is 64.2 cm³/mol. The quantitative estimate of drug-likeness (QED) is 0.847. The van der Waals surface area contributed by atoms with Crippen LogP contribution in [-0.4, -0.2) is 11.4 Å². The summed E-state index contributed by atoms with van der Waals surface area (Å²) in [5.74, 6) is -0.0834. The van der Waals surface area contributed by atoms with E-state index >= 15 is 0 Å². The maximum Gasteiger partial charge on any atom is 0.240 e. The van der Waals surface area contributed by atoms with Crippen LogP contribution in [0.15, 0.2) is 24.3 Å². The van der Waals surface area contributed by atoms with Gasteiger partial charge in [0.25, 0.3) is 0 Å². The molecule has 0 saturated heterocycles. The van der Waals surface area contributed by atoms with E-state index in [1.54, 1.807) is 0 Å². The average Bonchev–Trinajstić information content (AvgIpc) is 2.98. The van der Waals surface area contributed by atoms with Crippen molar-refractivity contribution in [3.63, 3.8) is 0 Å². The van der Waals surface area contributed by atoms with Crippen molar-refractivity contribution in [3.05, 3.63) is 34.9 Å². The number of benzene rings is 1. The van der Waals surface area contributed by atoms with E-state index in [2.05, 4.69) is 5.32 Å². The molecule has 86 valence electrons. The van der Waals surface area contributed by atoms with Crippen LogP contribution in [0.5, 0.6) is 0 Å². The fourth-order valence-electron chi connectivity index (χ4n) is 1.61. The maximum absolute atomic E-state index is 11.7. The molecule has 0 aliphatic heterocycles. The lowest BCUT2D eigenvalue weighted by Gasteiger charge is -2.18. The minimum absolute atomic E-state index is 0.0834. The van der Waals surface area contributed by atoms with Crippen LogP contribution in [0, 0.1) is 0 Å². The van der Waals surface area contributed by atoms with Crippen molar-refractivity contribution in [2.24, 2.45) is 5.73 Å². The van der Waals surface area contributed by atoms with Crippen LogP contribution in [0.1, 0.15) is 31.4 Å². The Morgan fingerprint density at radius 2 is 2.12 bits per heavy atom. The topological polar surface area (TPSA) is 55.1 Å². The molecular formula is C12H15ClN2O. The highest BCUT2D eigenvalue weighted by Gasteiger charge is 2.46. The van der Waals surface area contributed by atoms with Crippen LogP contribution < -0.4 is 11.1 Å². The van der Waals surface area contributed by atoms with Gasteiger partial charge in [-0.05, 0) is 31.4 Å². The van der Waals surface area contributed by atoms with Gasteiger partial charge in [-0.25, -0.2) is 0 Å². The molecule has 3 nitrogen and oxygen atoms in total. The fourth-order valence-corrected chi connectivity index (χ4v) is 1.91. The Kier molecular flexibility index (Phi) is 2.91. The van der Waals surface area contributed by atoms with Crippen molar-refractivity contribution in [2.45, 2.75) is 31.3 Å². The second kappa shape index (κ2) is 4.07. The van der Waals surface area contributed by atoms with Gasteiger partial charge in [-0.1, -0.05) is 29.8 Å². The lowest BCUT2D eigenvalue weighted by Crippen LogP contribution is -2.43. The Hall–Kier alpha value is -1.06. The van der Waals surface area contributed by atoms with Crippen LogP contribution in [0.3, 0.4) is 0 Å². The number of nitrogens with one attached hydrogen (secondary N) is 1. The third kappa shape index (κ3) is 2.20. The zero-order valence-electron chi connectivity index (χ0n) is 9.16. The Bertz CT molecular complexity index is 415. The first-order chi connectivity index (χ1) is 7.53. The van der Waals surface area contributed by atoms with E-state index in [1.807, 2.05) is 31.2 Å². The summed E-state index contributed by atoms with van der Waals surface area (Å²) in [6.45, 7) is 1.91. The predicted octanol–water partition coefficient (Wildman–Crippen LogP) is 2.01. The van der Waals surface area contributed by atoms with Gasteiger partial charge in [-0.2, -0.15) is 0 Å². The van der Waals surface area contributed by atoms with E-state index in [0.29, 0.717) is 5.02 Å². The Morgan fingerprint density at radius 1 is 1.50 bits per heavy atom. The first kappa shape index (κ1) is 11.4. The van der Waals surface area contributed by atoms with Gasteiger partial charge in [0.2, 0.25) is 5.91 Å². The number of rotatable bonds is 3. The SMILES string of the molecule is CC(NC(=O)C1(N)CC1)c1ccccc1Cl. The molecule has 1 fully saturated rings. The molecule has 16 heavy (non-hydrogen) atoms. The van der Waals surface area contributed by atoms with E-state index in [0.717, 1.165) is 18.4 Å². The largest absolute Gasteiger partial charge is 0.348 e. The second-order valence-electron chi connectivity index (χ2n) is 4.37. The molecule has 1 aliphatic rings. The van der Waals surface area contributed by atoms with Crippen molar-refractivity contribution < 1.29 is 4.79 Å². The summed E-state index contributed by atoms with van der Waals surface area (Å²) in [5.41, 5.74) is 6.10. The summed E-state index contributed by atoms with van der Waals surface area (Å²) >= 11 is 6.05. The molecule has 3 N–H and O–H groups in total. The van der Waals surface area contributed by atoms with Gasteiger partial charge < -0.3 is 11.1 Å². The van der Waals surface area contributed by atoms with E-state index in [-0.39, 0.29) is 11.9 Å². The molecule has 0 radical (unpaired) electrons. The molecule has 4 heteroatoms. The van der Waals surface area contributed by atoms with Crippen LogP contribution in [-0.2, 0) is 4.79 Å². The molecule has 0 heterocycles. The zero-order chi connectivity index (χ0) is 11.8. The van der Waals surface area contributed by atoms with Crippen molar-refractivity contribution in [3.8, 4) is 0 Å². The Morgan fingerprint density at radius 3 is 2.69 bits per heavy atom. The normalized spacial score (nSPS) is 18.9. The number of carbonyl (C=O) groups excluding carboxylic acids is 1. The van der Waals surface area contributed by atoms with Crippen molar-refractivity contribution in [1.29, 1.82) is 0 Å². The van der Waals surface area contributed by atoms with Crippen molar-refractivity contribution >= 4 is 17.5 Å². The highest BCUT2D eigenvalue weighted by Crippen LogP contribution is 2.33. The number of hydrogen-bond donors (Lipinski definition) is 2. The second-order valence-corrected chi connectivity index (χ2v) is 4.78. The van der Waals surface area contributed by atoms with E-state index in [9.17, 15) is 4.79 Å². The summed E-state index contributed by atoms with van der Waals surface area (Å²) in [7, 11) is 0. The highest BCUT2D eigenvalue weighted by atomic mass is 35.5. The van der Waals surface area contributed by atoms with E-state index < -0.39 is 5.54 Å². The molecular weight excluding hydrogens is 224 g/mol. The summed E-state index contributed by atoms with van der Waals surface area (Å²) in [6.07, 6.45) is 1.54. The summed E-state index contributed by atoms with van der Waals surface area (Å²) in [4.78, 5) is 11.7. The fraction of sp³-hybridized carbons (Fsp3) is 0.417. The summed E-state index contributed by atoms with van der Waals surface area (Å²) < 4.78 is 0. The van der Waals surface area contributed by atoms with Crippen molar-refractivity contribution in [2.75, 3.05) is 0 Å². The molecule has 1 amide bonds. The van der Waals surface area contributed by atoms with E-state index in [4.69, 9.17) is 17.3 Å². The molecule has 0 bridgehead atoms. The number of carbonyl (C=O) groups is 1.